The molecule has 40 heavy (non-hydrogen) atoms. The zero-order valence-corrected chi connectivity index (χ0v) is 22.9. The van der Waals surface area contributed by atoms with E-state index >= 15 is 0 Å². The number of carbonyl (C=O) groups is 1. The van der Waals surface area contributed by atoms with E-state index in [2.05, 4.69) is 14.4 Å². The summed E-state index contributed by atoms with van der Waals surface area (Å²) in [7, 11) is -8.10. The molecule has 2 bridgehead atoms. The van der Waals surface area contributed by atoms with E-state index in [0.29, 0.717) is 0 Å². The molecule has 5 aliphatic rings. The number of hydrogen-bond donors (Lipinski definition) is 3. The number of benzene rings is 2. The van der Waals surface area contributed by atoms with Crippen molar-refractivity contribution < 1.29 is 35.5 Å². The van der Waals surface area contributed by atoms with Gasteiger partial charge in [-0.2, -0.15) is 8.42 Å². The van der Waals surface area contributed by atoms with Gasteiger partial charge < -0.3 is 15.3 Å². The Morgan fingerprint density at radius 3 is 2.48 bits per heavy atom. The molecule has 7 rings (SSSR count). The molecule has 2 aliphatic heterocycles. The van der Waals surface area contributed by atoms with Gasteiger partial charge in [0.25, 0.3) is 15.9 Å². The van der Waals surface area contributed by atoms with Gasteiger partial charge in [0.15, 0.2) is 5.84 Å². The molecule has 14 heteroatoms. The van der Waals surface area contributed by atoms with E-state index in [9.17, 15) is 35.5 Å². The van der Waals surface area contributed by atoms with E-state index in [1.807, 2.05) is 0 Å². The van der Waals surface area contributed by atoms with Crippen LogP contribution in [0.5, 0.6) is 0 Å². The van der Waals surface area contributed by atoms with Crippen LogP contribution in [0.25, 0.3) is 0 Å². The van der Waals surface area contributed by atoms with Crippen LogP contribution in [0.15, 0.2) is 57.0 Å². The molecule has 2 aromatic rings. The first kappa shape index (κ1) is 26.7. The van der Waals surface area contributed by atoms with Crippen LogP contribution in [0.4, 0.5) is 20.2 Å². The van der Waals surface area contributed by atoms with Crippen molar-refractivity contribution in [1.82, 2.24) is 4.90 Å². The van der Waals surface area contributed by atoms with E-state index < -0.39 is 49.5 Å². The predicted octanol–water partition coefficient (Wildman–Crippen LogP) is 3.51. The highest BCUT2D eigenvalue weighted by molar-refractivity contribution is 7.92. The van der Waals surface area contributed by atoms with Crippen LogP contribution in [0.1, 0.15) is 31.2 Å². The van der Waals surface area contributed by atoms with E-state index in [-0.39, 0.29) is 57.4 Å². The highest BCUT2D eigenvalue weighted by Gasteiger charge is 2.54. The van der Waals surface area contributed by atoms with Crippen LogP contribution in [0.3, 0.4) is 0 Å². The number of amidine groups is 1. The van der Waals surface area contributed by atoms with Crippen LogP contribution < -0.4 is 10.0 Å². The Bertz CT molecular complexity index is 1720. The molecule has 0 aromatic heterocycles. The summed E-state index contributed by atoms with van der Waals surface area (Å²) >= 11 is 0. The Kier molecular flexibility index (Phi) is 6.18. The number of halogens is 2. The molecule has 10 nitrogen and oxygen atoms in total. The minimum atomic E-state index is -4.42. The SMILES string of the molecule is CS(=O)(=O)Nc1ccc2c(c1)S(=O)(=O)N=C(C1=C(O)C3C4CCC(CC4)C3N(Cc3ccc(F)cc3F)C1=O)N2. The molecule has 0 saturated heterocycles. The smallest absolute Gasteiger partial charge is 0.286 e. The summed E-state index contributed by atoms with van der Waals surface area (Å²) in [5.41, 5.74) is -0.169. The zero-order valence-electron chi connectivity index (χ0n) is 21.3. The first-order chi connectivity index (χ1) is 18.8. The molecule has 0 radical (unpaired) electrons. The average molecular weight is 593 g/mol. The highest BCUT2D eigenvalue weighted by Crippen LogP contribution is 2.52. The number of aliphatic hydroxyl groups is 1. The molecule has 3 aliphatic carbocycles. The predicted molar refractivity (Wildman–Crippen MR) is 142 cm³/mol. The number of rotatable bonds is 5. The number of sulfonamides is 2. The van der Waals surface area contributed by atoms with Crippen molar-refractivity contribution in [2.24, 2.45) is 22.2 Å². The van der Waals surface area contributed by atoms with Gasteiger partial charge in [-0.15, -0.1) is 4.40 Å². The topological polar surface area (TPSA) is 145 Å². The monoisotopic (exact) mass is 592 g/mol. The summed E-state index contributed by atoms with van der Waals surface area (Å²) in [5.74, 6) is -3.28. The van der Waals surface area contributed by atoms with Gasteiger partial charge in [-0.3, -0.25) is 9.52 Å². The molecule has 1 amide bonds. The normalized spacial score (nSPS) is 27.0. The second-order valence-corrected chi connectivity index (χ2v) is 14.1. The largest absolute Gasteiger partial charge is 0.511 e. The van der Waals surface area contributed by atoms with Crippen LogP contribution >= 0.6 is 0 Å². The second-order valence-electron chi connectivity index (χ2n) is 10.7. The molecule has 3 fully saturated rings. The Hall–Kier alpha value is -3.52. The van der Waals surface area contributed by atoms with Gasteiger partial charge in [-0.1, -0.05) is 6.07 Å². The van der Waals surface area contributed by atoms with Crippen LogP contribution in [0.2, 0.25) is 0 Å². The van der Waals surface area contributed by atoms with Crippen molar-refractivity contribution >= 4 is 43.2 Å². The van der Waals surface area contributed by atoms with Gasteiger partial charge in [0.2, 0.25) is 10.0 Å². The highest BCUT2D eigenvalue weighted by atomic mass is 32.2. The van der Waals surface area contributed by atoms with Gasteiger partial charge >= 0.3 is 0 Å². The van der Waals surface area contributed by atoms with Crippen molar-refractivity contribution in [3.8, 4) is 0 Å². The second kappa shape index (κ2) is 9.26. The third kappa shape index (κ3) is 4.52. The minimum absolute atomic E-state index is 0.00894. The van der Waals surface area contributed by atoms with Gasteiger partial charge in [-0.25, -0.2) is 17.2 Å². The molecular weight excluding hydrogens is 566 g/mol. The lowest BCUT2D eigenvalue weighted by atomic mass is 9.59. The number of hydrogen-bond acceptors (Lipinski definition) is 7. The number of anilines is 2. The summed E-state index contributed by atoms with van der Waals surface area (Å²) in [5, 5.41) is 14.3. The first-order valence-electron chi connectivity index (χ1n) is 12.7. The summed E-state index contributed by atoms with van der Waals surface area (Å²) in [6.07, 6.45) is 4.26. The van der Waals surface area contributed by atoms with E-state index in [4.69, 9.17) is 0 Å². The molecular formula is C26H26F2N4O6S2. The van der Waals surface area contributed by atoms with E-state index in [1.54, 1.807) is 0 Å². The fraction of sp³-hybridized carbons (Fsp3) is 0.385. The summed E-state index contributed by atoms with van der Waals surface area (Å²) in [4.78, 5) is 15.1. The molecule has 3 saturated carbocycles. The zero-order chi connectivity index (χ0) is 28.6. The maximum Gasteiger partial charge on any atom is 0.286 e. The fourth-order valence-electron chi connectivity index (χ4n) is 6.58. The number of amides is 1. The quantitative estimate of drug-likeness (QED) is 0.482. The summed E-state index contributed by atoms with van der Waals surface area (Å²) in [6, 6.07) is 6.48. The van der Waals surface area contributed by atoms with Crippen molar-refractivity contribution in [1.29, 1.82) is 0 Å². The lowest BCUT2D eigenvalue weighted by Crippen LogP contribution is -2.60. The number of fused-ring (bicyclic) bond motifs is 3. The van der Waals surface area contributed by atoms with Crippen LogP contribution in [-0.4, -0.2) is 50.9 Å². The molecule has 0 spiro atoms. The number of aliphatic hydroxyl groups excluding tert-OH is 1. The van der Waals surface area contributed by atoms with Crippen molar-refractivity contribution in [2.75, 3.05) is 16.3 Å². The Morgan fingerprint density at radius 1 is 1.10 bits per heavy atom. The Morgan fingerprint density at radius 2 is 1.80 bits per heavy atom. The molecule has 2 heterocycles. The standard InChI is InChI=1S/C26H26F2N4O6S2/c1-39(35,36)30-17-8-9-19-20(11-17)40(37,38)31-25(29-19)22-24(33)21-13-2-4-14(5-3-13)23(21)32(26(22)34)12-15-6-7-16(27)10-18(15)28/h6-11,13-14,21,23,30,33H,2-5,12H2,1H3,(H,29,31). The molecule has 212 valence electrons. The molecule has 2 aromatic carbocycles. The lowest BCUT2D eigenvalue weighted by Gasteiger charge is -2.54. The average Bonchev–Trinajstić information content (AvgIpc) is 2.87. The van der Waals surface area contributed by atoms with Gasteiger partial charge in [0.1, 0.15) is 27.9 Å². The fourth-order valence-corrected chi connectivity index (χ4v) is 8.29. The Balaban J connectivity index is 1.43. The van der Waals surface area contributed by atoms with Crippen molar-refractivity contribution in [3.63, 3.8) is 0 Å². The van der Waals surface area contributed by atoms with Crippen LogP contribution in [-0.2, 0) is 31.4 Å². The summed E-state index contributed by atoms with van der Waals surface area (Å²) < 4.78 is 83.9. The number of carbonyl (C=O) groups excluding carboxylic acids is 1. The van der Waals surface area contributed by atoms with Gasteiger partial charge in [-0.05, 0) is 61.8 Å². The Labute approximate surface area is 229 Å². The minimum Gasteiger partial charge on any atom is -0.511 e. The molecule has 3 N–H and O–H groups in total. The maximum absolute atomic E-state index is 14.7. The molecule has 2 atom stereocenters. The lowest BCUT2D eigenvalue weighted by molar-refractivity contribution is -0.140. The van der Waals surface area contributed by atoms with Gasteiger partial charge in [0, 0.05) is 35.8 Å². The number of nitrogens with zero attached hydrogens (tertiary/aromatic N) is 2. The molecule has 2 unspecified atom stereocenters. The van der Waals surface area contributed by atoms with Crippen LogP contribution in [0, 0.1) is 29.4 Å². The first-order valence-corrected chi connectivity index (χ1v) is 16.1. The van der Waals surface area contributed by atoms with Crippen molar-refractivity contribution in [2.45, 2.75) is 43.2 Å². The third-order valence-corrected chi connectivity index (χ3v) is 10.1. The van der Waals surface area contributed by atoms with E-state index in [1.165, 1.54) is 23.1 Å². The van der Waals surface area contributed by atoms with Crippen molar-refractivity contribution in [3.05, 3.63) is 64.9 Å². The summed E-state index contributed by atoms with van der Waals surface area (Å²) in [6.45, 7) is -0.191. The van der Waals surface area contributed by atoms with Gasteiger partial charge in [0.05, 0.1) is 11.9 Å². The maximum atomic E-state index is 14.7. The van der Waals surface area contributed by atoms with E-state index in [0.717, 1.165) is 50.1 Å². The third-order valence-electron chi connectivity index (χ3n) is 8.20. The number of nitrogens with one attached hydrogen (secondary N) is 2.